The van der Waals surface area contributed by atoms with Gasteiger partial charge in [0.2, 0.25) is 0 Å². The molecule has 2 aromatic heterocycles. The Bertz CT molecular complexity index is 774. The molecule has 2 fully saturated rings. The molecule has 2 atom stereocenters. The molecule has 4 rings (SSSR count). The zero-order valence-corrected chi connectivity index (χ0v) is 18.7. The van der Waals surface area contributed by atoms with Crippen molar-refractivity contribution in [1.82, 2.24) is 25.2 Å². The monoisotopic (exact) mass is 432 g/mol. The third-order valence-corrected chi connectivity index (χ3v) is 6.77. The molecule has 2 saturated heterocycles. The van der Waals surface area contributed by atoms with E-state index in [1.807, 2.05) is 24.5 Å². The van der Waals surface area contributed by atoms with E-state index in [0.29, 0.717) is 6.04 Å². The molecule has 9 heteroatoms. The van der Waals surface area contributed by atoms with Crippen LogP contribution >= 0.6 is 11.3 Å². The highest BCUT2D eigenvalue weighted by Gasteiger charge is 2.27. The highest BCUT2D eigenvalue weighted by molar-refractivity contribution is 7.10. The van der Waals surface area contributed by atoms with Crippen LogP contribution in [-0.4, -0.2) is 91.4 Å². The summed E-state index contributed by atoms with van der Waals surface area (Å²) in [4.78, 5) is 13.3. The second-order valence-corrected chi connectivity index (χ2v) is 8.87. The lowest BCUT2D eigenvalue weighted by Gasteiger charge is -2.39. The van der Waals surface area contributed by atoms with E-state index in [9.17, 15) is 0 Å². The zero-order valence-electron chi connectivity index (χ0n) is 17.9. The van der Waals surface area contributed by atoms with Gasteiger partial charge in [0.1, 0.15) is 6.26 Å². The minimum absolute atomic E-state index is 0.276. The Morgan fingerprint density at radius 1 is 1.30 bits per heavy atom. The fourth-order valence-electron chi connectivity index (χ4n) is 4.21. The number of morpholine rings is 1. The quantitative estimate of drug-likeness (QED) is 0.552. The molecule has 8 nitrogen and oxygen atoms in total. The fourth-order valence-corrected chi connectivity index (χ4v) is 5.07. The van der Waals surface area contributed by atoms with Crippen LogP contribution in [-0.2, 0) is 11.3 Å². The Labute approximate surface area is 182 Å². The topological polar surface area (TPSA) is 69.4 Å². The van der Waals surface area contributed by atoms with Crippen molar-refractivity contribution in [1.29, 1.82) is 0 Å². The Balaban J connectivity index is 1.32. The summed E-state index contributed by atoms with van der Waals surface area (Å²) in [7, 11) is 1.88. The number of piperazine rings is 1. The number of ether oxygens (including phenoxy) is 1. The SMILES string of the molecule is CN=C(NCC(c1cccs1)N1CCOC(C)C1)N1CCN(Cc2ccon2)CC1. The van der Waals surface area contributed by atoms with Crippen LogP contribution in [0, 0.1) is 0 Å². The Kier molecular flexibility index (Phi) is 7.37. The molecule has 2 aromatic rings. The highest BCUT2D eigenvalue weighted by Crippen LogP contribution is 2.26. The lowest BCUT2D eigenvalue weighted by atomic mass is 10.1. The lowest BCUT2D eigenvalue weighted by molar-refractivity contribution is -0.0334. The van der Waals surface area contributed by atoms with E-state index in [1.54, 1.807) is 6.26 Å². The Morgan fingerprint density at radius 2 is 2.17 bits per heavy atom. The predicted molar refractivity (Wildman–Crippen MR) is 119 cm³/mol. The summed E-state index contributed by atoms with van der Waals surface area (Å²) in [6, 6.07) is 6.65. The summed E-state index contributed by atoms with van der Waals surface area (Å²) in [6.07, 6.45) is 1.91. The second kappa shape index (κ2) is 10.4. The third-order valence-electron chi connectivity index (χ3n) is 5.80. The van der Waals surface area contributed by atoms with Gasteiger partial charge in [-0.25, -0.2) is 0 Å². The minimum Gasteiger partial charge on any atom is -0.376 e. The summed E-state index contributed by atoms with van der Waals surface area (Å²) < 4.78 is 10.7. The average Bonchev–Trinajstić information content (AvgIpc) is 3.47. The largest absolute Gasteiger partial charge is 0.376 e. The van der Waals surface area contributed by atoms with Crippen molar-refractivity contribution in [3.8, 4) is 0 Å². The van der Waals surface area contributed by atoms with Gasteiger partial charge in [-0.1, -0.05) is 11.2 Å². The minimum atomic E-state index is 0.276. The van der Waals surface area contributed by atoms with Crippen molar-refractivity contribution >= 4 is 17.3 Å². The van der Waals surface area contributed by atoms with Gasteiger partial charge in [0.25, 0.3) is 0 Å². The summed E-state index contributed by atoms with van der Waals surface area (Å²) in [5, 5.41) is 9.84. The van der Waals surface area contributed by atoms with Crippen LogP contribution in [0.2, 0.25) is 0 Å². The van der Waals surface area contributed by atoms with Gasteiger partial charge in [0.15, 0.2) is 5.96 Å². The molecule has 0 radical (unpaired) electrons. The molecule has 0 aliphatic carbocycles. The van der Waals surface area contributed by atoms with Crippen LogP contribution in [0.4, 0.5) is 0 Å². The predicted octanol–water partition coefficient (Wildman–Crippen LogP) is 1.89. The summed E-state index contributed by atoms with van der Waals surface area (Å²) >= 11 is 1.83. The van der Waals surface area contributed by atoms with E-state index in [-0.39, 0.29) is 6.10 Å². The smallest absolute Gasteiger partial charge is 0.193 e. The second-order valence-electron chi connectivity index (χ2n) is 7.89. The van der Waals surface area contributed by atoms with Crippen molar-refractivity contribution in [2.24, 2.45) is 4.99 Å². The first-order chi connectivity index (χ1) is 14.7. The summed E-state index contributed by atoms with van der Waals surface area (Å²) in [5.74, 6) is 0.985. The standard InChI is InChI=1S/C21H32N6O2S/c1-17-15-27(10-12-28-17)19(20-4-3-13-30-20)14-23-21(22-2)26-8-6-25(7-9-26)16-18-5-11-29-24-18/h3-5,11,13,17,19H,6-10,12,14-16H2,1-2H3,(H,22,23). The maximum Gasteiger partial charge on any atom is 0.193 e. The van der Waals surface area contributed by atoms with Gasteiger partial charge in [-0.05, 0) is 18.4 Å². The first-order valence-electron chi connectivity index (χ1n) is 10.7. The van der Waals surface area contributed by atoms with Crippen LogP contribution in [0.5, 0.6) is 0 Å². The van der Waals surface area contributed by atoms with Gasteiger partial charge in [-0.3, -0.25) is 14.8 Å². The van der Waals surface area contributed by atoms with Gasteiger partial charge in [0, 0.05) is 70.3 Å². The molecule has 1 N–H and O–H groups in total. The number of hydrogen-bond acceptors (Lipinski definition) is 7. The van der Waals surface area contributed by atoms with Crippen molar-refractivity contribution in [3.63, 3.8) is 0 Å². The molecular weight excluding hydrogens is 400 g/mol. The van der Waals surface area contributed by atoms with Crippen LogP contribution in [0.1, 0.15) is 23.5 Å². The molecule has 2 unspecified atom stereocenters. The van der Waals surface area contributed by atoms with Crippen molar-refractivity contribution < 1.29 is 9.26 Å². The van der Waals surface area contributed by atoms with Crippen LogP contribution in [0.3, 0.4) is 0 Å². The Hall–Kier alpha value is -1.94. The number of rotatable bonds is 6. The van der Waals surface area contributed by atoms with E-state index >= 15 is 0 Å². The molecule has 0 saturated carbocycles. The van der Waals surface area contributed by atoms with Gasteiger partial charge >= 0.3 is 0 Å². The molecule has 4 heterocycles. The van der Waals surface area contributed by atoms with E-state index < -0.39 is 0 Å². The number of aromatic nitrogens is 1. The van der Waals surface area contributed by atoms with Crippen molar-refractivity contribution in [2.45, 2.75) is 25.6 Å². The molecule has 164 valence electrons. The number of aliphatic imine (C=N–C) groups is 1. The maximum absolute atomic E-state index is 5.76. The van der Waals surface area contributed by atoms with Gasteiger partial charge in [0.05, 0.1) is 24.4 Å². The molecule has 0 spiro atoms. The molecule has 0 bridgehead atoms. The van der Waals surface area contributed by atoms with Crippen molar-refractivity contribution in [3.05, 3.63) is 40.4 Å². The maximum atomic E-state index is 5.76. The van der Waals surface area contributed by atoms with Crippen LogP contribution in [0.25, 0.3) is 0 Å². The molecular formula is C21H32N6O2S. The highest BCUT2D eigenvalue weighted by atomic mass is 32.1. The van der Waals surface area contributed by atoms with E-state index in [1.165, 1.54) is 4.88 Å². The van der Waals surface area contributed by atoms with Gasteiger partial charge in [-0.2, -0.15) is 0 Å². The van der Waals surface area contributed by atoms with Crippen LogP contribution in [0.15, 0.2) is 39.4 Å². The Morgan fingerprint density at radius 3 is 2.83 bits per heavy atom. The first kappa shape index (κ1) is 21.3. The lowest BCUT2D eigenvalue weighted by Crippen LogP contribution is -2.53. The molecule has 0 amide bonds. The van der Waals surface area contributed by atoms with Crippen LogP contribution < -0.4 is 5.32 Å². The van der Waals surface area contributed by atoms with E-state index in [0.717, 1.165) is 70.6 Å². The molecule has 2 aliphatic rings. The van der Waals surface area contributed by atoms with Crippen molar-refractivity contribution in [2.75, 3.05) is 59.5 Å². The van der Waals surface area contributed by atoms with Gasteiger partial charge in [-0.15, -0.1) is 11.3 Å². The third kappa shape index (κ3) is 5.40. The normalized spacial score (nSPS) is 22.9. The number of hydrogen-bond donors (Lipinski definition) is 1. The number of nitrogens with one attached hydrogen (secondary N) is 1. The number of thiophene rings is 1. The van der Waals surface area contributed by atoms with Gasteiger partial charge < -0.3 is 19.5 Å². The summed E-state index contributed by atoms with van der Waals surface area (Å²) in [6.45, 7) is 10.5. The average molecular weight is 433 g/mol. The summed E-state index contributed by atoms with van der Waals surface area (Å²) in [5.41, 5.74) is 0.990. The number of guanidine groups is 1. The van der Waals surface area contributed by atoms with E-state index in [2.05, 4.69) is 54.6 Å². The molecule has 30 heavy (non-hydrogen) atoms. The first-order valence-corrected chi connectivity index (χ1v) is 11.6. The molecule has 2 aliphatic heterocycles. The number of nitrogens with zero attached hydrogens (tertiary/aromatic N) is 5. The molecule has 0 aromatic carbocycles. The van der Waals surface area contributed by atoms with E-state index in [4.69, 9.17) is 9.26 Å². The fraction of sp³-hybridized carbons (Fsp3) is 0.619. The zero-order chi connectivity index (χ0) is 20.8.